The molecule has 0 saturated carbocycles. The Bertz CT molecular complexity index is 592. The van der Waals surface area contributed by atoms with Gasteiger partial charge in [0.15, 0.2) is 0 Å². The summed E-state index contributed by atoms with van der Waals surface area (Å²) in [6.45, 7) is 3.12. The number of thiophene rings is 1. The summed E-state index contributed by atoms with van der Waals surface area (Å²) in [6.07, 6.45) is 0.980. The van der Waals surface area contributed by atoms with Gasteiger partial charge in [0.05, 0.1) is 6.54 Å². The number of para-hydroxylation sites is 1. The van der Waals surface area contributed by atoms with E-state index in [9.17, 15) is 0 Å². The third-order valence-corrected chi connectivity index (χ3v) is 3.62. The van der Waals surface area contributed by atoms with Gasteiger partial charge in [0.25, 0.3) is 0 Å². The summed E-state index contributed by atoms with van der Waals surface area (Å²) in [5.41, 5.74) is 7.60. The van der Waals surface area contributed by atoms with Crippen LogP contribution in [0, 0.1) is 11.8 Å². The Kier molecular flexibility index (Phi) is 5.02. The molecule has 0 saturated heterocycles. The maximum absolute atomic E-state index is 5.87. The van der Waals surface area contributed by atoms with Gasteiger partial charge >= 0.3 is 0 Å². The molecular formula is C16H17NOS. The molecule has 0 amide bonds. The molecule has 0 fully saturated rings. The summed E-state index contributed by atoms with van der Waals surface area (Å²) < 4.78 is 5.87. The minimum atomic E-state index is 0.394. The maximum Gasteiger partial charge on any atom is 0.123 e. The van der Waals surface area contributed by atoms with Crippen LogP contribution in [0.5, 0.6) is 5.75 Å². The molecule has 2 aromatic rings. The van der Waals surface area contributed by atoms with Crippen molar-refractivity contribution in [3.63, 3.8) is 0 Å². The molecule has 98 valence electrons. The predicted molar refractivity (Wildman–Crippen MR) is 80.4 cm³/mol. The average molecular weight is 271 g/mol. The van der Waals surface area contributed by atoms with Crippen molar-refractivity contribution in [1.29, 1.82) is 0 Å². The van der Waals surface area contributed by atoms with E-state index in [1.54, 1.807) is 11.3 Å². The first-order valence-corrected chi connectivity index (χ1v) is 7.18. The first kappa shape index (κ1) is 13.7. The van der Waals surface area contributed by atoms with Gasteiger partial charge in [-0.15, -0.1) is 11.3 Å². The number of ether oxygens (including phenoxy) is 1. The van der Waals surface area contributed by atoms with Crippen LogP contribution >= 0.6 is 11.3 Å². The Balaban J connectivity index is 2.00. The minimum Gasteiger partial charge on any atom is -0.488 e. The molecule has 0 radical (unpaired) electrons. The Hall–Kier alpha value is -1.76. The van der Waals surface area contributed by atoms with Crippen molar-refractivity contribution in [1.82, 2.24) is 0 Å². The molecule has 1 aromatic carbocycles. The van der Waals surface area contributed by atoms with Crippen molar-refractivity contribution >= 4 is 11.3 Å². The number of hydrogen-bond donors (Lipinski definition) is 1. The van der Waals surface area contributed by atoms with Gasteiger partial charge in [-0.1, -0.05) is 37.0 Å². The van der Waals surface area contributed by atoms with E-state index < -0.39 is 0 Å². The highest BCUT2D eigenvalue weighted by molar-refractivity contribution is 7.10. The van der Waals surface area contributed by atoms with E-state index in [2.05, 4.69) is 30.9 Å². The average Bonchev–Trinajstić information content (AvgIpc) is 2.91. The van der Waals surface area contributed by atoms with Crippen LogP contribution in [0.2, 0.25) is 0 Å². The highest BCUT2D eigenvalue weighted by Gasteiger charge is 2.03. The van der Waals surface area contributed by atoms with Gasteiger partial charge in [-0.05, 0) is 24.1 Å². The van der Waals surface area contributed by atoms with Crippen LogP contribution in [0.3, 0.4) is 0 Å². The number of aryl methyl sites for hydroxylation is 1. The first-order valence-electron chi connectivity index (χ1n) is 6.30. The van der Waals surface area contributed by atoms with E-state index >= 15 is 0 Å². The van der Waals surface area contributed by atoms with E-state index in [4.69, 9.17) is 10.5 Å². The van der Waals surface area contributed by atoms with Gasteiger partial charge in [0.1, 0.15) is 12.4 Å². The molecule has 2 rings (SSSR count). The Labute approximate surface area is 118 Å². The lowest BCUT2D eigenvalue weighted by molar-refractivity contribution is 0.306. The minimum absolute atomic E-state index is 0.394. The van der Waals surface area contributed by atoms with E-state index in [1.165, 1.54) is 10.4 Å². The molecule has 19 heavy (non-hydrogen) atoms. The molecule has 0 aliphatic carbocycles. The van der Waals surface area contributed by atoms with Crippen LogP contribution in [0.25, 0.3) is 0 Å². The molecule has 0 unspecified atom stereocenters. The van der Waals surface area contributed by atoms with Crippen LogP contribution in [0.15, 0.2) is 35.7 Å². The lowest BCUT2D eigenvalue weighted by Crippen LogP contribution is -1.96. The lowest BCUT2D eigenvalue weighted by Gasteiger charge is -2.08. The largest absolute Gasteiger partial charge is 0.488 e. The smallest absolute Gasteiger partial charge is 0.123 e. The Morgan fingerprint density at radius 2 is 2.16 bits per heavy atom. The molecule has 0 atom stereocenters. The van der Waals surface area contributed by atoms with Crippen LogP contribution in [0.4, 0.5) is 0 Å². The van der Waals surface area contributed by atoms with E-state index in [-0.39, 0.29) is 0 Å². The second kappa shape index (κ2) is 6.98. The number of benzene rings is 1. The molecule has 0 spiro atoms. The molecular weight excluding hydrogens is 254 g/mol. The summed E-state index contributed by atoms with van der Waals surface area (Å²) >= 11 is 1.66. The zero-order chi connectivity index (χ0) is 13.5. The predicted octanol–water partition coefficient (Wildman–Crippen LogP) is 3.20. The summed E-state index contributed by atoms with van der Waals surface area (Å²) in [6, 6.07) is 10.2. The zero-order valence-corrected chi connectivity index (χ0v) is 11.8. The normalized spacial score (nSPS) is 9.79. The summed E-state index contributed by atoms with van der Waals surface area (Å²) in [5, 5.41) is 2.03. The second-order valence-corrected chi connectivity index (χ2v) is 5.05. The molecule has 1 heterocycles. The van der Waals surface area contributed by atoms with Crippen LogP contribution in [-0.4, -0.2) is 6.54 Å². The van der Waals surface area contributed by atoms with Crippen molar-refractivity contribution in [2.24, 2.45) is 5.73 Å². The Morgan fingerprint density at radius 3 is 2.95 bits per heavy atom. The van der Waals surface area contributed by atoms with Crippen molar-refractivity contribution in [2.75, 3.05) is 6.54 Å². The fourth-order valence-electron chi connectivity index (χ4n) is 1.76. The first-order chi connectivity index (χ1) is 9.33. The number of nitrogens with two attached hydrogens (primary N) is 1. The summed E-state index contributed by atoms with van der Waals surface area (Å²) in [4.78, 5) is 1.17. The quantitative estimate of drug-likeness (QED) is 0.867. The summed E-state index contributed by atoms with van der Waals surface area (Å²) in [7, 11) is 0. The third-order valence-electron chi connectivity index (χ3n) is 2.71. The highest BCUT2D eigenvalue weighted by Crippen LogP contribution is 2.21. The van der Waals surface area contributed by atoms with E-state index in [1.807, 2.05) is 23.6 Å². The van der Waals surface area contributed by atoms with Gasteiger partial charge < -0.3 is 10.5 Å². The molecule has 2 N–H and O–H groups in total. The lowest BCUT2D eigenvalue weighted by atomic mass is 10.1. The SMILES string of the molecule is CCc1ccccc1OCc1cc(C#CCN)cs1. The molecule has 0 aliphatic rings. The summed E-state index contributed by atoms with van der Waals surface area (Å²) in [5.74, 6) is 6.84. The second-order valence-electron chi connectivity index (χ2n) is 4.06. The van der Waals surface area contributed by atoms with Gasteiger partial charge in [-0.3, -0.25) is 0 Å². The molecule has 3 heteroatoms. The van der Waals surface area contributed by atoms with Crippen LogP contribution < -0.4 is 10.5 Å². The fraction of sp³-hybridized carbons (Fsp3) is 0.250. The molecule has 0 bridgehead atoms. The van der Waals surface area contributed by atoms with E-state index in [0.29, 0.717) is 13.2 Å². The highest BCUT2D eigenvalue weighted by atomic mass is 32.1. The Morgan fingerprint density at radius 1 is 1.32 bits per heavy atom. The molecule has 0 aliphatic heterocycles. The van der Waals surface area contributed by atoms with Crippen LogP contribution in [-0.2, 0) is 13.0 Å². The van der Waals surface area contributed by atoms with Crippen molar-refractivity contribution in [2.45, 2.75) is 20.0 Å². The standard InChI is InChI=1S/C16H17NOS/c1-2-14-7-3-4-8-16(14)18-11-15-10-13(12-19-15)6-5-9-17/h3-4,7-8,10,12H,2,9,11,17H2,1H3. The third kappa shape index (κ3) is 3.85. The molecule has 1 aromatic heterocycles. The maximum atomic E-state index is 5.87. The number of rotatable bonds is 4. The van der Waals surface area contributed by atoms with Crippen LogP contribution in [0.1, 0.15) is 22.9 Å². The van der Waals surface area contributed by atoms with Crippen molar-refractivity contribution in [3.8, 4) is 17.6 Å². The fourth-order valence-corrected chi connectivity index (χ4v) is 2.49. The van der Waals surface area contributed by atoms with Gasteiger partial charge in [-0.25, -0.2) is 0 Å². The van der Waals surface area contributed by atoms with Crippen molar-refractivity contribution in [3.05, 3.63) is 51.7 Å². The van der Waals surface area contributed by atoms with Crippen molar-refractivity contribution < 1.29 is 4.74 Å². The monoisotopic (exact) mass is 271 g/mol. The topological polar surface area (TPSA) is 35.2 Å². The van der Waals surface area contributed by atoms with Gasteiger partial charge in [0.2, 0.25) is 0 Å². The van der Waals surface area contributed by atoms with Gasteiger partial charge in [0, 0.05) is 15.8 Å². The number of hydrogen-bond acceptors (Lipinski definition) is 3. The van der Waals surface area contributed by atoms with E-state index in [0.717, 1.165) is 17.7 Å². The van der Waals surface area contributed by atoms with Gasteiger partial charge in [-0.2, -0.15) is 0 Å². The molecule has 2 nitrogen and oxygen atoms in total. The zero-order valence-electron chi connectivity index (χ0n) is 11.0.